The topological polar surface area (TPSA) is 51.3 Å². The minimum Gasteiger partial charge on any atom is -0.474 e. The van der Waals surface area contributed by atoms with Crippen LogP contribution in [-0.4, -0.2) is 18.1 Å². The molecule has 1 N–H and O–H groups in total. The molecule has 4 nitrogen and oxygen atoms in total. The molecule has 100 valence electrons. The fraction of sp³-hybridized carbons (Fsp3) is 0.154. The van der Waals surface area contributed by atoms with E-state index in [0.29, 0.717) is 11.4 Å². The van der Waals surface area contributed by atoms with E-state index in [-0.39, 0.29) is 12.2 Å². The van der Waals surface area contributed by atoms with Crippen molar-refractivity contribution in [1.82, 2.24) is 4.98 Å². The molecule has 1 aromatic carbocycles. The maximum atomic E-state index is 13.3. The Bertz CT molecular complexity index is 595. The lowest BCUT2D eigenvalue weighted by molar-refractivity contribution is 0.0600. The normalized spacial score (nSPS) is 10.3. The lowest BCUT2D eigenvalue weighted by Crippen LogP contribution is -2.00. The number of carbonyl (C=O) groups is 1. The number of halogens is 2. The second kappa shape index (κ2) is 5.51. The quantitative estimate of drug-likeness (QED) is 0.866. The molecule has 0 unspecified atom stereocenters. The van der Waals surface area contributed by atoms with Gasteiger partial charge in [0.05, 0.1) is 12.7 Å². The number of aromatic nitrogens is 1. The van der Waals surface area contributed by atoms with Crippen molar-refractivity contribution < 1.29 is 23.0 Å². The highest BCUT2D eigenvalue weighted by Crippen LogP contribution is 2.16. The van der Waals surface area contributed by atoms with Crippen LogP contribution in [0.25, 0.3) is 0 Å². The Hall–Kier alpha value is -2.37. The zero-order valence-electron chi connectivity index (χ0n) is 10.1. The van der Waals surface area contributed by atoms with Crippen LogP contribution < -0.4 is 4.74 Å². The van der Waals surface area contributed by atoms with Crippen LogP contribution in [0.4, 0.5) is 8.78 Å². The van der Waals surface area contributed by atoms with Crippen LogP contribution in [0.3, 0.4) is 0 Å². The number of nitrogens with one attached hydrogen (secondary N) is 1. The van der Waals surface area contributed by atoms with Crippen LogP contribution >= 0.6 is 0 Å². The summed E-state index contributed by atoms with van der Waals surface area (Å²) in [6.45, 7) is -0.0762. The average molecular weight is 267 g/mol. The number of carbonyl (C=O) groups excluding carboxylic acids is 1. The Morgan fingerprint density at radius 2 is 2.11 bits per heavy atom. The van der Waals surface area contributed by atoms with E-state index in [1.165, 1.54) is 25.4 Å². The molecule has 2 aromatic rings. The van der Waals surface area contributed by atoms with Crippen molar-refractivity contribution in [1.29, 1.82) is 0 Å². The van der Waals surface area contributed by atoms with E-state index in [1.807, 2.05) is 0 Å². The van der Waals surface area contributed by atoms with E-state index in [4.69, 9.17) is 4.74 Å². The van der Waals surface area contributed by atoms with Gasteiger partial charge in [-0.1, -0.05) is 0 Å². The Morgan fingerprint density at radius 3 is 2.79 bits per heavy atom. The van der Waals surface area contributed by atoms with Gasteiger partial charge in [0.1, 0.15) is 18.2 Å². The first-order valence-electron chi connectivity index (χ1n) is 5.43. The summed E-state index contributed by atoms with van der Waals surface area (Å²) in [6.07, 6.45) is 1.42. The van der Waals surface area contributed by atoms with Crippen LogP contribution in [0.2, 0.25) is 0 Å². The molecule has 0 saturated heterocycles. The lowest BCUT2D eigenvalue weighted by atomic mass is 10.2. The van der Waals surface area contributed by atoms with Gasteiger partial charge in [-0.05, 0) is 12.1 Å². The molecule has 0 aliphatic heterocycles. The number of esters is 1. The zero-order chi connectivity index (χ0) is 13.8. The number of hydrogen-bond acceptors (Lipinski definition) is 3. The molecule has 0 atom stereocenters. The van der Waals surface area contributed by atoms with Gasteiger partial charge in [0.2, 0.25) is 0 Å². The van der Waals surface area contributed by atoms with Crippen molar-refractivity contribution >= 4 is 5.97 Å². The van der Waals surface area contributed by atoms with Crippen molar-refractivity contribution in [3.63, 3.8) is 0 Å². The highest BCUT2D eigenvalue weighted by Gasteiger charge is 2.10. The fourth-order valence-electron chi connectivity index (χ4n) is 1.49. The van der Waals surface area contributed by atoms with Crippen molar-refractivity contribution in [3.8, 4) is 5.88 Å². The SMILES string of the molecule is COC(=O)c1c[nH]c(OCc2ccc(F)cc2F)c1. The van der Waals surface area contributed by atoms with Gasteiger partial charge >= 0.3 is 5.97 Å². The zero-order valence-corrected chi connectivity index (χ0v) is 10.1. The molecule has 0 amide bonds. The fourth-order valence-corrected chi connectivity index (χ4v) is 1.49. The van der Waals surface area contributed by atoms with Crippen molar-refractivity contribution in [2.24, 2.45) is 0 Å². The van der Waals surface area contributed by atoms with Crippen molar-refractivity contribution in [3.05, 3.63) is 53.2 Å². The van der Waals surface area contributed by atoms with E-state index in [9.17, 15) is 13.6 Å². The van der Waals surface area contributed by atoms with Gasteiger partial charge in [0, 0.05) is 23.9 Å². The van der Waals surface area contributed by atoms with Crippen LogP contribution in [0.5, 0.6) is 5.88 Å². The summed E-state index contributed by atoms with van der Waals surface area (Å²) in [6, 6.07) is 4.67. The van der Waals surface area contributed by atoms with Crippen LogP contribution in [0, 0.1) is 11.6 Å². The Balaban J connectivity index is 2.02. The van der Waals surface area contributed by atoms with Gasteiger partial charge < -0.3 is 14.5 Å². The van der Waals surface area contributed by atoms with Crippen molar-refractivity contribution in [2.45, 2.75) is 6.61 Å². The van der Waals surface area contributed by atoms with Gasteiger partial charge in [-0.25, -0.2) is 13.6 Å². The van der Waals surface area contributed by atoms with E-state index >= 15 is 0 Å². The predicted molar refractivity (Wildman–Crippen MR) is 62.8 cm³/mol. The first-order chi connectivity index (χ1) is 9.10. The molecule has 0 spiro atoms. The smallest absolute Gasteiger partial charge is 0.339 e. The minimum atomic E-state index is -0.681. The molecule has 6 heteroatoms. The Morgan fingerprint density at radius 1 is 1.32 bits per heavy atom. The second-order valence-electron chi connectivity index (χ2n) is 3.77. The lowest BCUT2D eigenvalue weighted by Gasteiger charge is -2.04. The first kappa shape index (κ1) is 13.1. The molecule has 0 aliphatic rings. The number of benzene rings is 1. The largest absolute Gasteiger partial charge is 0.474 e. The summed E-state index contributed by atoms with van der Waals surface area (Å²) in [5.41, 5.74) is 0.521. The molecule has 1 aromatic heterocycles. The molecule has 0 bridgehead atoms. The molecular weight excluding hydrogens is 256 g/mol. The maximum absolute atomic E-state index is 13.3. The third-order valence-corrected chi connectivity index (χ3v) is 2.48. The Kier molecular flexibility index (Phi) is 3.79. The summed E-state index contributed by atoms with van der Waals surface area (Å²) >= 11 is 0. The number of hydrogen-bond donors (Lipinski definition) is 1. The number of methoxy groups -OCH3 is 1. The van der Waals surface area contributed by atoms with Crippen molar-refractivity contribution in [2.75, 3.05) is 7.11 Å². The summed E-state index contributed by atoms with van der Waals surface area (Å²) in [4.78, 5) is 13.9. The molecule has 1 heterocycles. The van der Waals surface area contributed by atoms with Gasteiger partial charge in [-0.15, -0.1) is 0 Å². The number of aromatic amines is 1. The monoisotopic (exact) mass is 267 g/mol. The third kappa shape index (κ3) is 3.09. The van der Waals surface area contributed by atoms with E-state index in [1.54, 1.807) is 0 Å². The van der Waals surface area contributed by atoms with Gasteiger partial charge in [-0.3, -0.25) is 0 Å². The van der Waals surface area contributed by atoms with Crippen LogP contribution in [0.1, 0.15) is 15.9 Å². The number of ether oxygens (including phenoxy) is 2. The summed E-state index contributed by atoms with van der Waals surface area (Å²) in [5, 5.41) is 0. The van der Waals surface area contributed by atoms with Gasteiger partial charge in [0.15, 0.2) is 5.88 Å². The molecular formula is C13H11F2NO3. The molecule has 0 saturated carbocycles. The van der Waals surface area contributed by atoms with Gasteiger partial charge in [-0.2, -0.15) is 0 Å². The molecule has 19 heavy (non-hydrogen) atoms. The van der Waals surface area contributed by atoms with E-state index in [0.717, 1.165) is 12.1 Å². The van der Waals surface area contributed by atoms with E-state index < -0.39 is 17.6 Å². The average Bonchev–Trinajstić information content (AvgIpc) is 2.85. The second-order valence-corrected chi connectivity index (χ2v) is 3.77. The standard InChI is InChI=1S/C13H11F2NO3/c1-18-13(17)9-4-12(16-6-9)19-7-8-2-3-10(14)5-11(8)15/h2-6,16H,7H2,1H3. The van der Waals surface area contributed by atoms with Crippen LogP contribution in [-0.2, 0) is 11.3 Å². The molecule has 2 rings (SSSR count). The predicted octanol–water partition coefficient (Wildman–Crippen LogP) is 2.66. The third-order valence-electron chi connectivity index (χ3n) is 2.48. The Labute approximate surface area is 108 Å². The molecule has 0 fully saturated rings. The number of H-pyrrole nitrogens is 1. The summed E-state index contributed by atoms with van der Waals surface area (Å²) < 4.78 is 35.8. The maximum Gasteiger partial charge on any atom is 0.339 e. The highest BCUT2D eigenvalue weighted by molar-refractivity contribution is 5.89. The molecule has 0 aliphatic carbocycles. The highest BCUT2D eigenvalue weighted by atomic mass is 19.1. The summed E-state index contributed by atoms with van der Waals surface area (Å²) in [5.74, 6) is -1.53. The summed E-state index contributed by atoms with van der Waals surface area (Å²) in [7, 11) is 1.27. The van der Waals surface area contributed by atoms with E-state index in [2.05, 4.69) is 9.72 Å². The van der Waals surface area contributed by atoms with Crippen LogP contribution in [0.15, 0.2) is 30.5 Å². The first-order valence-corrected chi connectivity index (χ1v) is 5.43. The number of rotatable bonds is 4. The minimum absolute atomic E-state index is 0.0762. The molecule has 0 radical (unpaired) electrons. The van der Waals surface area contributed by atoms with Gasteiger partial charge in [0.25, 0.3) is 0 Å².